The molecule has 0 heterocycles. The van der Waals surface area contributed by atoms with Crippen molar-refractivity contribution in [2.45, 2.75) is 32.6 Å². The molecule has 2 aliphatic rings. The highest BCUT2D eigenvalue weighted by Crippen LogP contribution is 2.44. The number of fused-ring (bicyclic) bond motifs is 1. The Morgan fingerprint density at radius 1 is 1.38 bits per heavy atom. The maximum absolute atomic E-state index is 11.4. The second-order valence-corrected chi connectivity index (χ2v) is 4.16. The van der Waals surface area contributed by atoms with Gasteiger partial charge >= 0.3 is 0 Å². The fourth-order valence-corrected chi connectivity index (χ4v) is 2.76. The lowest BCUT2D eigenvalue weighted by Crippen LogP contribution is -2.18. The summed E-state index contributed by atoms with van der Waals surface area (Å²) < 4.78 is 0. The Morgan fingerprint density at radius 2 is 2.15 bits per heavy atom. The van der Waals surface area contributed by atoms with Crippen molar-refractivity contribution in [2.75, 3.05) is 0 Å². The molecule has 0 aliphatic heterocycles. The molecule has 2 atom stereocenters. The Labute approximate surface area is 79.5 Å². The van der Waals surface area contributed by atoms with E-state index in [4.69, 9.17) is 0 Å². The highest BCUT2D eigenvalue weighted by Gasteiger charge is 2.34. The van der Waals surface area contributed by atoms with Crippen LogP contribution < -0.4 is 0 Å². The first-order chi connectivity index (χ1) is 6.24. The predicted octanol–water partition coefficient (Wildman–Crippen LogP) is 2.88. The Balaban J connectivity index is 2.33. The summed E-state index contributed by atoms with van der Waals surface area (Å²) in [6.07, 6.45) is 6.21. The van der Waals surface area contributed by atoms with Crippen LogP contribution in [0, 0.1) is 11.8 Å². The van der Waals surface area contributed by atoms with Gasteiger partial charge in [0.05, 0.1) is 0 Å². The molecule has 1 heteroatoms. The SMILES string of the molecule is C=CC1CCC2=C(C)C(=O)CCC21. The first-order valence-electron chi connectivity index (χ1n) is 5.09. The molecule has 2 rings (SSSR count). The zero-order chi connectivity index (χ0) is 9.42. The molecular weight excluding hydrogens is 160 g/mol. The van der Waals surface area contributed by atoms with E-state index in [0.29, 0.717) is 17.6 Å². The second kappa shape index (κ2) is 3.13. The number of hydrogen-bond acceptors (Lipinski definition) is 1. The molecule has 0 spiro atoms. The van der Waals surface area contributed by atoms with Gasteiger partial charge in [-0.25, -0.2) is 0 Å². The smallest absolute Gasteiger partial charge is 0.158 e. The van der Waals surface area contributed by atoms with Gasteiger partial charge in [-0.05, 0) is 43.6 Å². The minimum atomic E-state index is 0.371. The monoisotopic (exact) mass is 176 g/mol. The molecule has 1 nitrogen and oxygen atoms in total. The van der Waals surface area contributed by atoms with E-state index in [1.807, 2.05) is 6.92 Å². The molecule has 2 unspecified atom stereocenters. The van der Waals surface area contributed by atoms with E-state index in [0.717, 1.165) is 24.8 Å². The lowest BCUT2D eigenvalue weighted by atomic mass is 9.81. The third-order valence-electron chi connectivity index (χ3n) is 3.60. The fraction of sp³-hybridized carbons (Fsp3) is 0.583. The van der Waals surface area contributed by atoms with Crippen LogP contribution in [0.5, 0.6) is 0 Å². The lowest BCUT2D eigenvalue weighted by molar-refractivity contribution is -0.116. The predicted molar refractivity (Wildman–Crippen MR) is 53.4 cm³/mol. The molecule has 0 bridgehead atoms. The number of Topliss-reactive ketones (excluding diaryl/α,β-unsaturated/α-hetero) is 1. The van der Waals surface area contributed by atoms with Crippen molar-refractivity contribution in [2.24, 2.45) is 11.8 Å². The molecule has 0 radical (unpaired) electrons. The maximum Gasteiger partial charge on any atom is 0.158 e. The van der Waals surface area contributed by atoms with Crippen molar-refractivity contribution < 1.29 is 4.79 Å². The van der Waals surface area contributed by atoms with Crippen LogP contribution in [0.3, 0.4) is 0 Å². The molecule has 70 valence electrons. The average Bonchev–Trinajstić information content (AvgIpc) is 2.55. The van der Waals surface area contributed by atoms with Gasteiger partial charge in [-0.2, -0.15) is 0 Å². The number of allylic oxidation sites excluding steroid dienone is 3. The van der Waals surface area contributed by atoms with Gasteiger partial charge in [0.1, 0.15) is 0 Å². The molecule has 1 fully saturated rings. The van der Waals surface area contributed by atoms with Gasteiger partial charge in [0.2, 0.25) is 0 Å². The summed E-state index contributed by atoms with van der Waals surface area (Å²) in [6.45, 7) is 5.87. The Morgan fingerprint density at radius 3 is 2.85 bits per heavy atom. The van der Waals surface area contributed by atoms with Crippen LogP contribution in [0.1, 0.15) is 32.6 Å². The van der Waals surface area contributed by atoms with Crippen LogP contribution in [0.4, 0.5) is 0 Å². The van der Waals surface area contributed by atoms with Crippen molar-refractivity contribution in [3.05, 3.63) is 23.8 Å². The third kappa shape index (κ3) is 1.27. The molecule has 2 aliphatic carbocycles. The van der Waals surface area contributed by atoms with E-state index in [1.54, 1.807) is 0 Å². The third-order valence-corrected chi connectivity index (χ3v) is 3.60. The van der Waals surface area contributed by atoms with Crippen molar-refractivity contribution >= 4 is 5.78 Å². The van der Waals surface area contributed by atoms with Gasteiger partial charge < -0.3 is 0 Å². The minimum absolute atomic E-state index is 0.371. The zero-order valence-electron chi connectivity index (χ0n) is 8.18. The zero-order valence-corrected chi connectivity index (χ0v) is 8.18. The van der Waals surface area contributed by atoms with Crippen LogP contribution in [-0.2, 0) is 4.79 Å². The van der Waals surface area contributed by atoms with Crippen LogP contribution in [0.15, 0.2) is 23.8 Å². The standard InChI is InChI=1S/C12H16O/c1-3-9-4-5-10-8(2)12(13)7-6-11(9)10/h3,9,11H,1,4-7H2,2H3. The highest BCUT2D eigenvalue weighted by atomic mass is 16.1. The van der Waals surface area contributed by atoms with Crippen molar-refractivity contribution in [3.8, 4) is 0 Å². The van der Waals surface area contributed by atoms with Crippen LogP contribution >= 0.6 is 0 Å². The van der Waals surface area contributed by atoms with Gasteiger partial charge in [-0.1, -0.05) is 11.6 Å². The van der Waals surface area contributed by atoms with Gasteiger partial charge in [-0.15, -0.1) is 6.58 Å². The molecule has 0 saturated heterocycles. The van der Waals surface area contributed by atoms with Crippen molar-refractivity contribution in [1.29, 1.82) is 0 Å². The van der Waals surface area contributed by atoms with Crippen molar-refractivity contribution in [1.82, 2.24) is 0 Å². The topological polar surface area (TPSA) is 17.1 Å². The Kier molecular flexibility index (Phi) is 2.10. The van der Waals surface area contributed by atoms with Gasteiger partial charge in [0.15, 0.2) is 5.78 Å². The number of hydrogen-bond donors (Lipinski definition) is 0. The van der Waals surface area contributed by atoms with E-state index in [9.17, 15) is 4.79 Å². The molecule has 0 amide bonds. The highest BCUT2D eigenvalue weighted by molar-refractivity contribution is 5.96. The summed E-state index contributed by atoms with van der Waals surface area (Å²) in [7, 11) is 0. The summed E-state index contributed by atoms with van der Waals surface area (Å²) in [5.41, 5.74) is 2.49. The van der Waals surface area contributed by atoms with E-state index < -0.39 is 0 Å². The first-order valence-corrected chi connectivity index (χ1v) is 5.09. The van der Waals surface area contributed by atoms with Gasteiger partial charge in [0.25, 0.3) is 0 Å². The van der Waals surface area contributed by atoms with Gasteiger partial charge in [0, 0.05) is 6.42 Å². The van der Waals surface area contributed by atoms with E-state index in [2.05, 4.69) is 12.7 Å². The summed E-state index contributed by atoms with van der Waals surface area (Å²) >= 11 is 0. The van der Waals surface area contributed by atoms with Crippen LogP contribution in [-0.4, -0.2) is 5.78 Å². The largest absolute Gasteiger partial charge is 0.295 e. The second-order valence-electron chi connectivity index (χ2n) is 4.16. The van der Waals surface area contributed by atoms with E-state index in [1.165, 1.54) is 12.0 Å². The van der Waals surface area contributed by atoms with Crippen LogP contribution in [0.2, 0.25) is 0 Å². The summed E-state index contributed by atoms with van der Waals surface area (Å²) in [5.74, 6) is 1.66. The number of ketones is 1. The molecule has 0 aromatic carbocycles. The quantitative estimate of drug-likeness (QED) is 0.561. The normalized spacial score (nSPS) is 33.5. The molecular formula is C12H16O. The van der Waals surface area contributed by atoms with E-state index in [-0.39, 0.29) is 0 Å². The lowest BCUT2D eigenvalue weighted by Gasteiger charge is -2.23. The number of carbonyl (C=O) groups excluding carboxylic acids is 1. The number of rotatable bonds is 1. The van der Waals surface area contributed by atoms with Gasteiger partial charge in [-0.3, -0.25) is 4.79 Å². The Hall–Kier alpha value is -0.850. The average molecular weight is 176 g/mol. The van der Waals surface area contributed by atoms with Crippen LogP contribution in [0.25, 0.3) is 0 Å². The summed E-state index contributed by atoms with van der Waals surface area (Å²) in [5, 5.41) is 0. The summed E-state index contributed by atoms with van der Waals surface area (Å²) in [6, 6.07) is 0. The minimum Gasteiger partial charge on any atom is -0.295 e. The maximum atomic E-state index is 11.4. The molecule has 0 aromatic heterocycles. The van der Waals surface area contributed by atoms with Crippen molar-refractivity contribution in [3.63, 3.8) is 0 Å². The molecule has 13 heavy (non-hydrogen) atoms. The Bertz CT molecular complexity index is 285. The fourth-order valence-electron chi connectivity index (χ4n) is 2.76. The molecule has 0 aromatic rings. The molecule has 1 saturated carbocycles. The van der Waals surface area contributed by atoms with E-state index >= 15 is 0 Å². The number of carbonyl (C=O) groups is 1. The molecule has 0 N–H and O–H groups in total. The first kappa shape index (κ1) is 8.74. The summed E-state index contributed by atoms with van der Waals surface area (Å²) in [4.78, 5) is 11.4.